The largest absolute Gasteiger partial charge is 0.347 e. The van der Waals surface area contributed by atoms with Gasteiger partial charge in [-0.1, -0.05) is 35.5 Å². The van der Waals surface area contributed by atoms with Gasteiger partial charge in [-0.2, -0.15) is 0 Å². The maximum atomic E-state index is 14.0. The second kappa shape index (κ2) is 8.48. The van der Waals surface area contributed by atoms with E-state index < -0.39 is 6.17 Å². The molecule has 29 heavy (non-hydrogen) atoms. The van der Waals surface area contributed by atoms with Crippen molar-refractivity contribution < 1.29 is 14.0 Å². The van der Waals surface area contributed by atoms with E-state index in [4.69, 9.17) is 0 Å². The number of carbonyl (C=O) groups excluding carboxylic acids is 2. The van der Waals surface area contributed by atoms with Crippen molar-refractivity contribution in [2.75, 3.05) is 6.54 Å². The number of alkyl halides is 1. The van der Waals surface area contributed by atoms with Crippen LogP contribution >= 0.6 is 11.3 Å². The highest BCUT2D eigenvalue weighted by molar-refractivity contribution is 7.07. The topological polar surface area (TPSA) is 93.0 Å². The molecule has 2 aromatic heterocycles. The van der Waals surface area contributed by atoms with Gasteiger partial charge in [-0.25, -0.2) is 14.1 Å². The highest BCUT2D eigenvalue weighted by atomic mass is 32.1. The number of rotatable bonds is 6. The molecule has 1 aromatic carbocycles. The SMILES string of the molecule is O=C(NCc1ccccc1)c1cn(C[C@@H]2C[C@H](F)CN2C(=O)c2cscn2)nn1. The number of likely N-dealkylation sites (tertiary alicyclic amines) is 1. The van der Waals surface area contributed by atoms with Crippen LogP contribution in [-0.4, -0.2) is 55.5 Å². The van der Waals surface area contributed by atoms with Crippen LogP contribution in [0.1, 0.15) is 33.0 Å². The van der Waals surface area contributed by atoms with Gasteiger partial charge in [-0.3, -0.25) is 9.59 Å². The lowest BCUT2D eigenvalue weighted by Gasteiger charge is -2.23. The van der Waals surface area contributed by atoms with E-state index in [2.05, 4.69) is 20.6 Å². The summed E-state index contributed by atoms with van der Waals surface area (Å²) >= 11 is 1.32. The van der Waals surface area contributed by atoms with E-state index in [-0.39, 0.29) is 43.1 Å². The number of nitrogens with one attached hydrogen (secondary N) is 1. The number of thiazole rings is 1. The molecular weight excluding hydrogens is 395 g/mol. The molecule has 8 nitrogen and oxygen atoms in total. The Kier molecular flexibility index (Phi) is 5.61. The Hall–Kier alpha value is -3.14. The molecule has 2 amide bonds. The minimum absolute atomic E-state index is 0.0279. The number of aromatic nitrogens is 4. The normalized spacial score (nSPS) is 18.7. The molecule has 0 aliphatic carbocycles. The molecule has 1 fully saturated rings. The van der Waals surface area contributed by atoms with Gasteiger partial charge in [0.05, 0.1) is 30.8 Å². The molecule has 0 radical (unpaired) electrons. The summed E-state index contributed by atoms with van der Waals surface area (Å²) in [6, 6.07) is 9.16. The monoisotopic (exact) mass is 414 g/mol. The van der Waals surface area contributed by atoms with Gasteiger partial charge in [0.25, 0.3) is 11.8 Å². The fourth-order valence-corrected chi connectivity index (χ4v) is 3.85. The second-order valence-corrected chi connectivity index (χ2v) is 7.53. The summed E-state index contributed by atoms with van der Waals surface area (Å²) < 4.78 is 15.5. The van der Waals surface area contributed by atoms with Crippen molar-refractivity contribution in [1.82, 2.24) is 30.2 Å². The van der Waals surface area contributed by atoms with Crippen LogP contribution < -0.4 is 5.32 Å². The zero-order chi connectivity index (χ0) is 20.2. The Bertz CT molecular complexity index is 978. The van der Waals surface area contributed by atoms with Crippen LogP contribution in [0.5, 0.6) is 0 Å². The number of nitrogens with zero attached hydrogens (tertiary/aromatic N) is 5. The third-order valence-corrected chi connectivity index (χ3v) is 5.33. The fourth-order valence-electron chi connectivity index (χ4n) is 3.32. The molecule has 0 spiro atoms. The standard InChI is InChI=1S/C19H19FN6O2S/c20-14-6-15(26(8-14)19(28)17-11-29-12-22-17)9-25-10-16(23-24-25)18(27)21-7-13-4-2-1-3-5-13/h1-5,10-12,14-15H,6-9H2,(H,21,27)/t14-,15-/m0/s1. The number of hydrogen-bond acceptors (Lipinski definition) is 6. The van der Waals surface area contributed by atoms with Gasteiger partial charge in [-0.05, 0) is 5.56 Å². The number of carbonyl (C=O) groups is 2. The van der Waals surface area contributed by atoms with Crippen LogP contribution in [0.4, 0.5) is 4.39 Å². The van der Waals surface area contributed by atoms with Gasteiger partial charge in [0.2, 0.25) is 0 Å². The first kappa shape index (κ1) is 19.2. The Morgan fingerprint density at radius 1 is 1.24 bits per heavy atom. The van der Waals surface area contributed by atoms with Crippen LogP contribution in [0.2, 0.25) is 0 Å². The summed E-state index contributed by atoms with van der Waals surface area (Å²) in [5.41, 5.74) is 3.04. The molecule has 150 valence electrons. The zero-order valence-electron chi connectivity index (χ0n) is 15.4. The zero-order valence-corrected chi connectivity index (χ0v) is 16.3. The highest BCUT2D eigenvalue weighted by Gasteiger charge is 2.36. The Balaban J connectivity index is 1.38. The first-order valence-electron chi connectivity index (χ1n) is 9.15. The van der Waals surface area contributed by atoms with E-state index in [0.29, 0.717) is 12.2 Å². The summed E-state index contributed by atoms with van der Waals surface area (Å²) in [6.07, 6.45) is 0.627. The lowest BCUT2D eigenvalue weighted by molar-refractivity contribution is 0.0709. The lowest BCUT2D eigenvalue weighted by Crippen LogP contribution is -2.38. The van der Waals surface area contributed by atoms with E-state index in [1.165, 1.54) is 27.1 Å². The Labute approximate surface area is 170 Å². The van der Waals surface area contributed by atoms with Crippen molar-refractivity contribution in [3.63, 3.8) is 0 Å². The van der Waals surface area contributed by atoms with Gasteiger partial charge in [-0.15, -0.1) is 16.4 Å². The van der Waals surface area contributed by atoms with Gasteiger partial charge < -0.3 is 10.2 Å². The molecule has 2 atom stereocenters. The molecule has 0 bridgehead atoms. The van der Waals surface area contributed by atoms with Crippen molar-refractivity contribution in [3.8, 4) is 0 Å². The second-order valence-electron chi connectivity index (χ2n) is 6.81. The summed E-state index contributed by atoms with van der Waals surface area (Å²) in [5, 5.41) is 12.3. The van der Waals surface area contributed by atoms with Crippen LogP contribution in [0.25, 0.3) is 0 Å². The number of benzene rings is 1. The molecule has 10 heteroatoms. The maximum absolute atomic E-state index is 14.0. The quantitative estimate of drug-likeness (QED) is 0.665. The molecule has 3 aromatic rings. The minimum atomic E-state index is -1.10. The fraction of sp³-hybridized carbons (Fsp3) is 0.316. The van der Waals surface area contributed by atoms with Crippen molar-refractivity contribution in [2.24, 2.45) is 0 Å². The molecule has 4 rings (SSSR count). The van der Waals surface area contributed by atoms with Gasteiger partial charge in [0.1, 0.15) is 11.9 Å². The molecule has 1 saturated heterocycles. The third kappa shape index (κ3) is 4.48. The highest BCUT2D eigenvalue weighted by Crippen LogP contribution is 2.24. The predicted molar refractivity (Wildman–Crippen MR) is 104 cm³/mol. The molecular formula is C19H19FN6O2S. The minimum Gasteiger partial charge on any atom is -0.347 e. The summed E-state index contributed by atoms with van der Waals surface area (Å²) in [4.78, 5) is 30.4. The van der Waals surface area contributed by atoms with Crippen LogP contribution in [0.3, 0.4) is 0 Å². The smallest absolute Gasteiger partial charge is 0.273 e. The first-order valence-corrected chi connectivity index (χ1v) is 10.1. The average Bonchev–Trinajstić information content (AvgIpc) is 3.48. The van der Waals surface area contributed by atoms with Gasteiger partial charge >= 0.3 is 0 Å². The van der Waals surface area contributed by atoms with Crippen LogP contribution in [0, 0.1) is 0 Å². The molecule has 3 heterocycles. The van der Waals surface area contributed by atoms with E-state index >= 15 is 0 Å². The van der Waals surface area contributed by atoms with E-state index in [0.717, 1.165) is 5.56 Å². The van der Waals surface area contributed by atoms with E-state index in [1.807, 2.05) is 30.3 Å². The summed E-state index contributed by atoms with van der Waals surface area (Å²) in [6.45, 7) is 0.671. The van der Waals surface area contributed by atoms with Crippen molar-refractivity contribution >= 4 is 23.2 Å². The van der Waals surface area contributed by atoms with Crippen molar-refractivity contribution in [3.05, 3.63) is 64.4 Å². The molecule has 1 N–H and O–H groups in total. The van der Waals surface area contributed by atoms with Gasteiger partial charge in [0.15, 0.2) is 5.69 Å². The third-order valence-electron chi connectivity index (χ3n) is 4.74. The summed E-state index contributed by atoms with van der Waals surface area (Å²) in [7, 11) is 0. The van der Waals surface area contributed by atoms with Gasteiger partial charge in [0, 0.05) is 18.3 Å². The molecule has 1 aliphatic rings. The van der Waals surface area contributed by atoms with Crippen LogP contribution in [-0.2, 0) is 13.1 Å². The van der Waals surface area contributed by atoms with Crippen molar-refractivity contribution in [1.29, 1.82) is 0 Å². The molecule has 0 saturated carbocycles. The Morgan fingerprint density at radius 2 is 2.07 bits per heavy atom. The number of amides is 2. The maximum Gasteiger partial charge on any atom is 0.273 e. The predicted octanol–water partition coefficient (Wildman–Crippen LogP) is 1.92. The van der Waals surface area contributed by atoms with E-state index in [1.54, 1.807) is 10.9 Å². The van der Waals surface area contributed by atoms with E-state index in [9.17, 15) is 14.0 Å². The first-order chi connectivity index (χ1) is 14.1. The Morgan fingerprint density at radius 3 is 2.83 bits per heavy atom. The average molecular weight is 414 g/mol. The number of hydrogen-bond donors (Lipinski definition) is 1. The van der Waals surface area contributed by atoms with Crippen LogP contribution in [0.15, 0.2) is 47.4 Å². The number of halogens is 1. The molecule has 1 aliphatic heterocycles. The molecule has 0 unspecified atom stereocenters. The van der Waals surface area contributed by atoms with Crippen molar-refractivity contribution in [2.45, 2.75) is 31.7 Å². The lowest BCUT2D eigenvalue weighted by atomic mass is 10.2. The summed E-state index contributed by atoms with van der Waals surface area (Å²) in [5.74, 6) is -0.636.